The molecule has 28 heavy (non-hydrogen) atoms. The normalized spacial score (nSPS) is 16.4. The van der Waals surface area contributed by atoms with Crippen molar-refractivity contribution in [3.8, 4) is 5.75 Å². The van der Waals surface area contributed by atoms with Crippen LogP contribution < -0.4 is 14.5 Å². The summed E-state index contributed by atoms with van der Waals surface area (Å²) in [5.41, 5.74) is 4.35. The number of carbonyl (C=O) groups is 2. The Balaban J connectivity index is 1.31. The molecule has 0 spiro atoms. The highest BCUT2D eigenvalue weighted by Gasteiger charge is 2.26. The number of ether oxygens (including phenoxy) is 1. The maximum Gasteiger partial charge on any atom is 0.260 e. The first kappa shape index (κ1) is 18.3. The summed E-state index contributed by atoms with van der Waals surface area (Å²) in [6.45, 7) is 4.98. The summed E-state index contributed by atoms with van der Waals surface area (Å²) in [4.78, 5) is 30.2. The molecule has 2 aliphatic heterocycles. The van der Waals surface area contributed by atoms with Crippen LogP contribution in [0.2, 0.25) is 0 Å². The predicted molar refractivity (Wildman–Crippen MR) is 109 cm³/mol. The van der Waals surface area contributed by atoms with E-state index in [9.17, 15) is 9.59 Å². The Morgan fingerprint density at radius 2 is 1.75 bits per heavy atom. The number of carbonyl (C=O) groups excluding carboxylic acids is 2. The van der Waals surface area contributed by atoms with Crippen LogP contribution in [0, 0.1) is 6.92 Å². The van der Waals surface area contributed by atoms with Crippen molar-refractivity contribution in [2.45, 2.75) is 13.3 Å². The van der Waals surface area contributed by atoms with Gasteiger partial charge in [-0.1, -0.05) is 17.7 Å². The van der Waals surface area contributed by atoms with Gasteiger partial charge in [-0.25, -0.2) is 0 Å². The molecule has 0 N–H and O–H groups in total. The van der Waals surface area contributed by atoms with Crippen LogP contribution in [-0.4, -0.2) is 56.5 Å². The molecule has 0 aromatic heterocycles. The fraction of sp³-hybridized carbons (Fsp3) is 0.364. The maximum atomic E-state index is 12.4. The number of hydrogen-bond acceptors (Lipinski definition) is 4. The minimum absolute atomic E-state index is 0.0152. The molecule has 4 rings (SSSR count). The number of rotatable bonds is 4. The first-order valence-electron chi connectivity index (χ1n) is 9.63. The average molecular weight is 379 g/mol. The lowest BCUT2D eigenvalue weighted by Gasteiger charge is -2.36. The summed E-state index contributed by atoms with van der Waals surface area (Å²) in [7, 11) is 1.82. The zero-order valence-electron chi connectivity index (χ0n) is 16.4. The smallest absolute Gasteiger partial charge is 0.260 e. The van der Waals surface area contributed by atoms with Crippen LogP contribution in [0.1, 0.15) is 11.1 Å². The molecule has 2 aromatic carbocycles. The standard InChI is InChI=1S/C22H25N3O3/c1-16-3-6-19(7-4-16)28-15-22(27)25-11-9-24(10-12-25)18-5-8-20-17(13-18)14-21(26)23(20)2/h3-8,13H,9-12,14-15H2,1-2H3. The lowest BCUT2D eigenvalue weighted by molar-refractivity contribution is -0.133. The topological polar surface area (TPSA) is 53.1 Å². The Labute approximate surface area is 165 Å². The Hall–Kier alpha value is -3.02. The molecule has 0 radical (unpaired) electrons. The Kier molecular flexibility index (Phi) is 4.94. The van der Waals surface area contributed by atoms with Gasteiger partial charge >= 0.3 is 0 Å². The zero-order chi connectivity index (χ0) is 19.7. The third kappa shape index (κ3) is 3.67. The van der Waals surface area contributed by atoms with Crippen LogP contribution >= 0.6 is 0 Å². The Bertz CT molecular complexity index is 886. The highest BCUT2D eigenvalue weighted by Crippen LogP contribution is 2.31. The molecule has 0 aliphatic carbocycles. The Morgan fingerprint density at radius 3 is 2.46 bits per heavy atom. The molecule has 6 nitrogen and oxygen atoms in total. The highest BCUT2D eigenvalue weighted by atomic mass is 16.5. The summed E-state index contributed by atoms with van der Waals surface area (Å²) in [6.07, 6.45) is 0.467. The number of anilines is 2. The summed E-state index contributed by atoms with van der Waals surface area (Å²) in [6, 6.07) is 13.9. The van der Waals surface area contributed by atoms with Crippen molar-refractivity contribution >= 4 is 23.2 Å². The predicted octanol–water partition coefficient (Wildman–Crippen LogP) is 2.24. The molecule has 2 aliphatic rings. The van der Waals surface area contributed by atoms with Crippen LogP contribution in [-0.2, 0) is 16.0 Å². The number of nitrogens with zero attached hydrogens (tertiary/aromatic N) is 3. The van der Waals surface area contributed by atoms with E-state index in [0.29, 0.717) is 19.5 Å². The van der Waals surface area contributed by atoms with Gasteiger partial charge in [-0.15, -0.1) is 0 Å². The van der Waals surface area contributed by atoms with Gasteiger partial charge in [-0.3, -0.25) is 9.59 Å². The van der Waals surface area contributed by atoms with E-state index in [4.69, 9.17) is 4.74 Å². The van der Waals surface area contributed by atoms with Crippen molar-refractivity contribution in [3.63, 3.8) is 0 Å². The van der Waals surface area contributed by atoms with Gasteiger partial charge < -0.3 is 19.4 Å². The molecule has 0 bridgehead atoms. The largest absolute Gasteiger partial charge is 0.484 e. The van der Waals surface area contributed by atoms with Gasteiger partial charge in [-0.2, -0.15) is 0 Å². The first-order chi connectivity index (χ1) is 13.5. The Morgan fingerprint density at radius 1 is 1.04 bits per heavy atom. The molecule has 2 heterocycles. The molecule has 1 fully saturated rings. The number of hydrogen-bond donors (Lipinski definition) is 0. The molecule has 2 amide bonds. The summed E-state index contributed by atoms with van der Waals surface area (Å²) < 4.78 is 5.62. The van der Waals surface area contributed by atoms with E-state index in [1.54, 1.807) is 4.90 Å². The minimum Gasteiger partial charge on any atom is -0.484 e. The molecule has 6 heteroatoms. The van der Waals surface area contributed by atoms with Gasteiger partial charge in [0.2, 0.25) is 5.91 Å². The second-order valence-corrected chi connectivity index (χ2v) is 7.41. The van der Waals surface area contributed by atoms with Crippen molar-refractivity contribution in [1.82, 2.24) is 4.90 Å². The quantitative estimate of drug-likeness (QED) is 0.818. The van der Waals surface area contributed by atoms with Gasteiger partial charge in [0.25, 0.3) is 5.91 Å². The number of fused-ring (bicyclic) bond motifs is 1. The third-order valence-electron chi connectivity index (χ3n) is 5.52. The van der Waals surface area contributed by atoms with Gasteiger partial charge in [0, 0.05) is 44.6 Å². The summed E-state index contributed by atoms with van der Waals surface area (Å²) >= 11 is 0. The van der Waals surface area contributed by atoms with E-state index < -0.39 is 0 Å². The third-order valence-corrected chi connectivity index (χ3v) is 5.52. The van der Waals surface area contributed by atoms with E-state index in [-0.39, 0.29) is 18.4 Å². The van der Waals surface area contributed by atoms with E-state index in [0.717, 1.165) is 41.3 Å². The van der Waals surface area contributed by atoms with Crippen molar-refractivity contribution in [1.29, 1.82) is 0 Å². The number of amides is 2. The first-order valence-corrected chi connectivity index (χ1v) is 9.63. The second-order valence-electron chi connectivity index (χ2n) is 7.41. The lowest BCUT2D eigenvalue weighted by Crippen LogP contribution is -2.50. The average Bonchev–Trinajstić information content (AvgIpc) is 3.00. The molecule has 146 valence electrons. The minimum atomic E-state index is 0.0152. The summed E-state index contributed by atoms with van der Waals surface area (Å²) in [5.74, 6) is 0.868. The zero-order valence-corrected chi connectivity index (χ0v) is 16.4. The highest BCUT2D eigenvalue weighted by molar-refractivity contribution is 6.01. The van der Waals surface area contributed by atoms with E-state index in [1.165, 1.54) is 0 Å². The number of likely N-dealkylation sites (N-methyl/N-ethyl adjacent to an activating group) is 1. The van der Waals surface area contributed by atoms with Crippen LogP contribution in [0.5, 0.6) is 5.75 Å². The van der Waals surface area contributed by atoms with Crippen molar-refractivity contribution in [3.05, 3.63) is 53.6 Å². The van der Waals surface area contributed by atoms with Crippen molar-refractivity contribution in [2.75, 3.05) is 49.6 Å². The van der Waals surface area contributed by atoms with Crippen LogP contribution in [0.3, 0.4) is 0 Å². The SMILES string of the molecule is Cc1ccc(OCC(=O)N2CCN(c3ccc4c(c3)CC(=O)N4C)CC2)cc1. The number of benzene rings is 2. The van der Waals surface area contributed by atoms with E-state index in [1.807, 2.05) is 49.2 Å². The van der Waals surface area contributed by atoms with Crippen LogP contribution in [0.25, 0.3) is 0 Å². The molecule has 0 unspecified atom stereocenters. The fourth-order valence-corrected chi connectivity index (χ4v) is 3.74. The molecule has 2 aromatic rings. The fourth-order valence-electron chi connectivity index (χ4n) is 3.74. The molecule has 0 saturated carbocycles. The van der Waals surface area contributed by atoms with E-state index in [2.05, 4.69) is 17.0 Å². The number of piperazine rings is 1. The van der Waals surface area contributed by atoms with Gasteiger partial charge in [0.05, 0.1) is 6.42 Å². The lowest BCUT2D eigenvalue weighted by atomic mass is 10.1. The molecular formula is C22H25N3O3. The number of aryl methyl sites for hydroxylation is 1. The van der Waals surface area contributed by atoms with Gasteiger partial charge in [0.15, 0.2) is 6.61 Å². The molecular weight excluding hydrogens is 354 g/mol. The van der Waals surface area contributed by atoms with Gasteiger partial charge in [0.1, 0.15) is 5.75 Å². The van der Waals surface area contributed by atoms with Crippen LogP contribution in [0.4, 0.5) is 11.4 Å². The van der Waals surface area contributed by atoms with Crippen LogP contribution in [0.15, 0.2) is 42.5 Å². The molecule has 1 saturated heterocycles. The second kappa shape index (κ2) is 7.54. The molecule has 0 atom stereocenters. The van der Waals surface area contributed by atoms with Crippen molar-refractivity contribution in [2.24, 2.45) is 0 Å². The maximum absolute atomic E-state index is 12.4. The monoisotopic (exact) mass is 379 g/mol. The summed E-state index contributed by atoms with van der Waals surface area (Å²) in [5, 5.41) is 0. The van der Waals surface area contributed by atoms with Gasteiger partial charge in [-0.05, 0) is 42.8 Å². The van der Waals surface area contributed by atoms with Crippen molar-refractivity contribution < 1.29 is 14.3 Å². The van der Waals surface area contributed by atoms with E-state index >= 15 is 0 Å².